The first-order chi connectivity index (χ1) is 7.25. The van der Waals surface area contributed by atoms with Gasteiger partial charge in [0.1, 0.15) is 11.4 Å². The highest BCUT2D eigenvalue weighted by Crippen LogP contribution is 2.15. The molecule has 0 saturated heterocycles. The number of nitrogens with one attached hydrogen (secondary N) is 2. The fourth-order valence-corrected chi connectivity index (χ4v) is 1.16. The second-order valence-electron chi connectivity index (χ2n) is 2.97. The number of anilines is 1. The molecule has 0 unspecified atom stereocenters. The monoisotopic (exact) mass is 203 g/mol. The van der Waals surface area contributed by atoms with Crippen molar-refractivity contribution < 1.29 is 9.90 Å². The zero-order valence-electron chi connectivity index (χ0n) is 7.77. The number of carbonyl (C=O) groups excluding carboxylic acids is 1. The van der Waals surface area contributed by atoms with E-state index in [2.05, 4.69) is 15.3 Å². The molecule has 1 aromatic heterocycles. The first-order valence-corrected chi connectivity index (χ1v) is 4.34. The van der Waals surface area contributed by atoms with Gasteiger partial charge in [0.2, 0.25) is 0 Å². The highest BCUT2D eigenvalue weighted by atomic mass is 16.3. The summed E-state index contributed by atoms with van der Waals surface area (Å²) in [5.41, 5.74) is 0.910. The molecule has 0 radical (unpaired) electrons. The first kappa shape index (κ1) is 9.26. The van der Waals surface area contributed by atoms with Crippen molar-refractivity contribution in [2.45, 2.75) is 0 Å². The summed E-state index contributed by atoms with van der Waals surface area (Å²) in [5, 5.41) is 11.8. The van der Waals surface area contributed by atoms with Gasteiger partial charge in [0, 0.05) is 11.8 Å². The number of phenols is 1. The van der Waals surface area contributed by atoms with E-state index in [1.54, 1.807) is 12.1 Å². The molecule has 0 aliphatic carbocycles. The maximum absolute atomic E-state index is 11.5. The molecule has 1 heterocycles. The summed E-state index contributed by atoms with van der Waals surface area (Å²) in [6.07, 6.45) is 2.86. The van der Waals surface area contributed by atoms with E-state index in [1.807, 2.05) is 0 Å². The molecular weight excluding hydrogens is 194 g/mol. The maximum atomic E-state index is 11.5. The molecule has 0 atom stereocenters. The number of H-pyrrole nitrogens is 1. The standard InChI is InChI=1S/C10H9N3O2/c14-8-3-1-2-7(4-8)13-10(15)9-5-11-6-12-9/h1-6,14H,(H,11,12)(H,13,15). The lowest BCUT2D eigenvalue weighted by atomic mass is 10.3. The van der Waals surface area contributed by atoms with Crippen molar-refractivity contribution in [3.63, 3.8) is 0 Å². The van der Waals surface area contributed by atoms with Crippen LogP contribution in [-0.4, -0.2) is 21.0 Å². The van der Waals surface area contributed by atoms with Gasteiger partial charge in [-0.2, -0.15) is 0 Å². The Morgan fingerprint density at radius 1 is 1.47 bits per heavy atom. The smallest absolute Gasteiger partial charge is 0.273 e. The third-order valence-corrected chi connectivity index (χ3v) is 1.85. The molecule has 0 bridgehead atoms. The zero-order chi connectivity index (χ0) is 10.7. The van der Waals surface area contributed by atoms with Gasteiger partial charge in [0.05, 0.1) is 12.5 Å². The highest BCUT2D eigenvalue weighted by Gasteiger charge is 2.06. The van der Waals surface area contributed by atoms with Crippen LogP contribution in [0.5, 0.6) is 5.75 Å². The van der Waals surface area contributed by atoms with Crippen molar-refractivity contribution in [3.05, 3.63) is 42.5 Å². The number of aromatic hydroxyl groups is 1. The van der Waals surface area contributed by atoms with Crippen LogP contribution in [0.25, 0.3) is 0 Å². The van der Waals surface area contributed by atoms with E-state index in [9.17, 15) is 9.90 Å². The molecule has 0 aliphatic heterocycles. The van der Waals surface area contributed by atoms with Crippen LogP contribution in [0.2, 0.25) is 0 Å². The molecule has 1 amide bonds. The Hall–Kier alpha value is -2.30. The lowest BCUT2D eigenvalue weighted by Gasteiger charge is -2.03. The average Bonchev–Trinajstić information content (AvgIpc) is 2.70. The van der Waals surface area contributed by atoms with Crippen molar-refractivity contribution in [2.75, 3.05) is 5.32 Å². The number of aromatic amines is 1. The van der Waals surface area contributed by atoms with E-state index in [1.165, 1.54) is 24.7 Å². The van der Waals surface area contributed by atoms with Gasteiger partial charge in [-0.15, -0.1) is 0 Å². The summed E-state index contributed by atoms with van der Waals surface area (Å²) >= 11 is 0. The van der Waals surface area contributed by atoms with Crippen molar-refractivity contribution in [3.8, 4) is 5.75 Å². The SMILES string of the molecule is O=C(Nc1cccc(O)c1)c1cnc[nH]1. The number of aromatic nitrogens is 2. The third kappa shape index (κ3) is 2.14. The Labute approximate surface area is 85.8 Å². The van der Waals surface area contributed by atoms with E-state index in [-0.39, 0.29) is 11.7 Å². The van der Waals surface area contributed by atoms with Gasteiger partial charge < -0.3 is 15.4 Å². The van der Waals surface area contributed by atoms with E-state index >= 15 is 0 Å². The third-order valence-electron chi connectivity index (χ3n) is 1.85. The first-order valence-electron chi connectivity index (χ1n) is 4.34. The van der Waals surface area contributed by atoms with Crippen LogP contribution in [0.3, 0.4) is 0 Å². The van der Waals surface area contributed by atoms with Gasteiger partial charge in [-0.05, 0) is 12.1 Å². The highest BCUT2D eigenvalue weighted by molar-refractivity contribution is 6.02. The number of amides is 1. The molecule has 5 nitrogen and oxygen atoms in total. The minimum atomic E-state index is -0.293. The minimum absolute atomic E-state index is 0.109. The Balaban J connectivity index is 2.13. The van der Waals surface area contributed by atoms with Crippen LogP contribution < -0.4 is 5.32 Å². The predicted octanol–water partition coefficient (Wildman–Crippen LogP) is 1.37. The maximum Gasteiger partial charge on any atom is 0.273 e. The Morgan fingerprint density at radius 3 is 3.00 bits per heavy atom. The number of benzene rings is 1. The van der Waals surface area contributed by atoms with Crippen LogP contribution in [-0.2, 0) is 0 Å². The number of hydrogen-bond acceptors (Lipinski definition) is 3. The number of nitrogens with zero attached hydrogens (tertiary/aromatic N) is 1. The number of phenolic OH excluding ortho intramolecular Hbond substituents is 1. The molecule has 1 aromatic carbocycles. The lowest BCUT2D eigenvalue weighted by Crippen LogP contribution is -2.11. The summed E-state index contributed by atoms with van der Waals surface area (Å²) in [6, 6.07) is 6.34. The second kappa shape index (κ2) is 3.83. The minimum Gasteiger partial charge on any atom is -0.508 e. The van der Waals surface area contributed by atoms with Crippen molar-refractivity contribution in [1.29, 1.82) is 0 Å². The van der Waals surface area contributed by atoms with E-state index in [0.29, 0.717) is 11.4 Å². The predicted molar refractivity (Wildman–Crippen MR) is 54.6 cm³/mol. The molecule has 2 rings (SSSR count). The Morgan fingerprint density at radius 2 is 2.33 bits per heavy atom. The molecular formula is C10H9N3O2. The normalized spacial score (nSPS) is 9.87. The second-order valence-corrected chi connectivity index (χ2v) is 2.97. The van der Waals surface area contributed by atoms with E-state index < -0.39 is 0 Å². The van der Waals surface area contributed by atoms with Crippen LogP contribution in [0, 0.1) is 0 Å². The summed E-state index contributed by atoms with van der Waals surface area (Å²) < 4.78 is 0. The average molecular weight is 203 g/mol. The van der Waals surface area contributed by atoms with Gasteiger partial charge >= 0.3 is 0 Å². The van der Waals surface area contributed by atoms with Gasteiger partial charge in [0.25, 0.3) is 5.91 Å². The van der Waals surface area contributed by atoms with Crippen molar-refractivity contribution in [2.24, 2.45) is 0 Å². The molecule has 0 saturated carbocycles. The molecule has 5 heteroatoms. The molecule has 2 aromatic rings. The van der Waals surface area contributed by atoms with Gasteiger partial charge in [-0.25, -0.2) is 4.98 Å². The van der Waals surface area contributed by atoms with Crippen molar-refractivity contribution >= 4 is 11.6 Å². The quantitative estimate of drug-likeness (QED) is 0.689. The van der Waals surface area contributed by atoms with Gasteiger partial charge in [-0.1, -0.05) is 6.07 Å². The molecule has 0 fully saturated rings. The number of rotatable bonds is 2. The Kier molecular flexibility index (Phi) is 2.37. The van der Waals surface area contributed by atoms with Gasteiger partial charge in [0.15, 0.2) is 0 Å². The van der Waals surface area contributed by atoms with Crippen molar-refractivity contribution in [1.82, 2.24) is 9.97 Å². The molecule has 3 N–H and O–H groups in total. The zero-order valence-corrected chi connectivity index (χ0v) is 7.77. The van der Waals surface area contributed by atoms with E-state index in [4.69, 9.17) is 0 Å². The summed E-state index contributed by atoms with van der Waals surface area (Å²) in [6.45, 7) is 0. The lowest BCUT2D eigenvalue weighted by molar-refractivity contribution is 0.102. The van der Waals surface area contributed by atoms with E-state index in [0.717, 1.165) is 0 Å². The van der Waals surface area contributed by atoms with Crippen LogP contribution in [0.4, 0.5) is 5.69 Å². The summed E-state index contributed by atoms with van der Waals surface area (Å²) in [5.74, 6) is -0.185. The molecule has 15 heavy (non-hydrogen) atoms. The van der Waals surface area contributed by atoms with Crippen LogP contribution >= 0.6 is 0 Å². The largest absolute Gasteiger partial charge is 0.508 e. The number of carbonyl (C=O) groups is 1. The van der Waals surface area contributed by atoms with Crippen LogP contribution in [0.1, 0.15) is 10.5 Å². The topological polar surface area (TPSA) is 78.0 Å². The molecule has 76 valence electrons. The summed E-state index contributed by atoms with van der Waals surface area (Å²) in [7, 11) is 0. The Bertz CT molecular complexity index is 465. The molecule has 0 spiro atoms. The van der Waals surface area contributed by atoms with Gasteiger partial charge in [-0.3, -0.25) is 4.79 Å². The fourth-order valence-electron chi connectivity index (χ4n) is 1.16. The number of hydrogen-bond donors (Lipinski definition) is 3. The number of imidazole rings is 1. The summed E-state index contributed by atoms with van der Waals surface area (Å²) in [4.78, 5) is 17.9. The molecule has 0 aliphatic rings. The van der Waals surface area contributed by atoms with Crippen LogP contribution in [0.15, 0.2) is 36.8 Å². The fraction of sp³-hybridized carbons (Fsp3) is 0.